The van der Waals surface area contributed by atoms with Crippen LogP contribution in [0.2, 0.25) is 0 Å². The summed E-state index contributed by atoms with van der Waals surface area (Å²) in [5, 5.41) is 0. The fraction of sp³-hybridized carbons (Fsp3) is 0.800. The van der Waals surface area contributed by atoms with E-state index in [1.54, 1.807) is 0 Å². The molecule has 0 saturated carbocycles. The molecule has 0 aromatic rings. The van der Waals surface area contributed by atoms with Crippen molar-refractivity contribution in [1.29, 1.82) is 0 Å². The predicted molar refractivity (Wildman–Crippen MR) is 52.6 cm³/mol. The van der Waals surface area contributed by atoms with Gasteiger partial charge in [-0.3, -0.25) is 0 Å². The van der Waals surface area contributed by atoms with Crippen LogP contribution in [0.5, 0.6) is 0 Å². The fourth-order valence-electron chi connectivity index (χ4n) is 2.01. The molecule has 1 rings (SSSR count). The van der Waals surface area contributed by atoms with Gasteiger partial charge in [-0.25, -0.2) is 0 Å². The Labute approximate surface area is 75.8 Å². The smallest absolute Gasteiger partial charge is 0.0981 e. The van der Waals surface area contributed by atoms with E-state index < -0.39 is 0 Å². The quantitative estimate of drug-likeness (QED) is 0.592. The van der Waals surface area contributed by atoms with Gasteiger partial charge in [0, 0.05) is 24.5 Å². The molecule has 2 heteroatoms. The summed E-state index contributed by atoms with van der Waals surface area (Å²) < 4.78 is 0. The zero-order valence-corrected chi connectivity index (χ0v) is 9.05. The molecule has 12 heavy (non-hydrogen) atoms. The predicted octanol–water partition coefficient (Wildman–Crippen LogP) is 2.24. The SMILES string of the molecule is CC1=C(C)N(C(C)C)C(C)N1C. The molecule has 0 fully saturated rings. The topological polar surface area (TPSA) is 6.48 Å². The molecule has 0 amide bonds. The average Bonchev–Trinajstić information content (AvgIpc) is 2.16. The van der Waals surface area contributed by atoms with Crippen molar-refractivity contribution in [1.82, 2.24) is 9.80 Å². The minimum absolute atomic E-state index is 0.519. The van der Waals surface area contributed by atoms with E-state index in [4.69, 9.17) is 0 Å². The largest absolute Gasteiger partial charge is 0.357 e. The summed E-state index contributed by atoms with van der Waals surface area (Å²) in [5.74, 6) is 0. The van der Waals surface area contributed by atoms with Crippen LogP contribution < -0.4 is 0 Å². The molecule has 0 bridgehead atoms. The van der Waals surface area contributed by atoms with E-state index in [0.717, 1.165) is 0 Å². The molecule has 1 aliphatic rings. The van der Waals surface area contributed by atoms with Crippen LogP contribution in [0.3, 0.4) is 0 Å². The Morgan fingerprint density at radius 3 is 1.83 bits per heavy atom. The lowest BCUT2D eigenvalue weighted by atomic mass is 10.3. The van der Waals surface area contributed by atoms with E-state index in [9.17, 15) is 0 Å². The maximum absolute atomic E-state index is 2.45. The third-order valence-electron chi connectivity index (χ3n) is 2.96. The second kappa shape index (κ2) is 3.00. The highest BCUT2D eigenvalue weighted by Gasteiger charge is 2.29. The van der Waals surface area contributed by atoms with Crippen molar-refractivity contribution < 1.29 is 0 Å². The van der Waals surface area contributed by atoms with E-state index >= 15 is 0 Å². The Hall–Kier alpha value is -0.660. The van der Waals surface area contributed by atoms with E-state index in [-0.39, 0.29) is 0 Å². The van der Waals surface area contributed by atoms with E-state index in [2.05, 4.69) is 51.5 Å². The first-order chi connectivity index (χ1) is 5.46. The Bertz CT molecular complexity index is 206. The van der Waals surface area contributed by atoms with Gasteiger partial charge in [0.2, 0.25) is 0 Å². The van der Waals surface area contributed by atoms with Crippen molar-refractivity contribution in [3.63, 3.8) is 0 Å². The molecule has 2 nitrogen and oxygen atoms in total. The van der Waals surface area contributed by atoms with Gasteiger partial charge in [-0.2, -0.15) is 0 Å². The van der Waals surface area contributed by atoms with Crippen LogP contribution in [0.1, 0.15) is 34.6 Å². The summed E-state index contributed by atoms with van der Waals surface area (Å²) in [6, 6.07) is 0.597. The molecular weight excluding hydrogens is 148 g/mol. The van der Waals surface area contributed by atoms with Crippen molar-refractivity contribution in [3.8, 4) is 0 Å². The normalized spacial score (nSPS) is 24.8. The van der Waals surface area contributed by atoms with Gasteiger partial charge in [-0.1, -0.05) is 0 Å². The first-order valence-electron chi connectivity index (χ1n) is 4.65. The van der Waals surface area contributed by atoms with Crippen LogP contribution >= 0.6 is 0 Å². The molecule has 0 radical (unpaired) electrons. The maximum atomic E-state index is 2.45. The lowest BCUT2D eigenvalue weighted by Crippen LogP contribution is -2.39. The van der Waals surface area contributed by atoms with Crippen molar-refractivity contribution in [2.75, 3.05) is 7.05 Å². The summed E-state index contributed by atoms with van der Waals surface area (Å²) in [5.41, 5.74) is 2.82. The van der Waals surface area contributed by atoms with E-state index in [1.807, 2.05) is 0 Å². The number of hydrogen-bond donors (Lipinski definition) is 0. The molecule has 1 aliphatic heterocycles. The van der Waals surface area contributed by atoms with Gasteiger partial charge in [-0.15, -0.1) is 0 Å². The molecule has 70 valence electrons. The monoisotopic (exact) mass is 168 g/mol. The van der Waals surface area contributed by atoms with Gasteiger partial charge in [-0.05, 0) is 34.6 Å². The molecule has 0 aromatic carbocycles. The van der Waals surface area contributed by atoms with Crippen molar-refractivity contribution in [2.45, 2.75) is 46.8 Å². The third kappa shape index (κ3) is 1.19. The Balaban J connectivity index is 2.91. The number of rotatable bonds is 1. The fourth-order valence-corrected chi connectivity index (χ4v) is 2.01. The van der Waals surface area contributed by atoms with Crippen LogP contribution in [0.4, 0.5) is 0 Å². The second-order valence-corrected chi connectivity index (χ2v) is 3.91. The Morgan fingerprint density at radius 1 is 1.17 bits per heavy atom. The second-order valence-electron chi connectivity index (χ2n) is 3.91. The molecular formula is C10H20N2. The minimum atomic E-state index is 0.519. The lowest BCUT2D eigenvalue weighted by Gasteiger charge is -2.32. The highest BCUT2D eigenvalue weighted by atomic mass is 15.4. The van der Waals surface area contributed by atoms with Gasteiger partial charge in [0.25, 0.3) is 0 Å². The molecule has 0 saturated heterocycles. The molecule has 0 aliphatic carbocycles. The first-order valence-corrected chi connectivity index (χ1v) is 4.65. The number of nitrogens with zero attached hydrogens (tertiary/aromatic N) is 2. The summed E-state index contributed by atoms with van der Waals surface area (Å²) >= 11 is 0. The molecule has 0 aromatic heterocycles. The summed E-state index contributed by atoms with van der Waals surface area (Å²) in [6.45, 7) is 11.1. The lowest BCUT2D eigenvalue weighted by molar-refractivity contribution is 0.148. The summed E-state index contributed by atoms with van der Waals surface area (Å²) in [4.78, 5) is 4.78. The minimum Gasteiger partial charge on any atom is -0.357 e. The molecule has 1 atom stereocenters. The van der Waals surface area contributed by atoms with Gasteiger partial charge >= 0.3 is 0 Å². The molecule has 0 N–H and O–H groups in total. The summed E-state index contributed by atoms with van der Waals surface area (Å²) in [7, 11) is 2.16. The van der Waals surface area contributed by atoms with Crippen molar-refractivity contribution in [3.05, 3.63) is 11.4 Å². The standard InChI is InChI=1S/C10H20N2/c1-7(2)12-9(4)8(3)11(6)10(12)5/h7,10H,1-6H3. The van der Waals surface area contributed by atoms with Crippen molar-refractivity contribution in [2.24, 2.45) is 0 Å². The highest BCUT2D eigenvalue weighted by Crippen LogP contribution is 2.28. The van der Waals surface area contributed by atoms with Gasteiger partial charge < -0.3 is 9.80 Å². The molecule has 1 heterocycles. The molecule has 0 spiro atoms. The van der Waals surface area contributed by atoms with E-state index in [0.29, 0.717) is 12.2 Å². The zero-order valence-electron chi connectivity index (χ0n) is 9.05. The number of hydrogen-bond acceptors (Lipinski definition) is 2. The third-order valence-corrected chi connectivity index (χ3v) is 2.96. The van der Waals surface area contributed by atoms with Gasteiger partial charge in [0.15, 0.2) is 0 Å². The van der Waals surface area contributed by atoms with Crippen LogP contribution in [0, 0.1) is 0 Å². The van der Waals surface area contributed by atoms with Crippen LogP contribution in [-0.2, 0) is 0 Å². The van der Waals surface area contributed by atoms with E-state index in [1.165, 1.54) is 11.4 Å². The average molecular weight is 168 g/mol. The van der Waals surface area contributed by atoms with Crippen molar-refractivity contribution >= 4 is 0 Å². The highest BCUT2D eigenvalue weighted by molar-refractivity contribution is 5.15. The maximum Gasteiger partial charge on any atom is 0.0981 e. The van der Waals surface area contributed by atoms with Gasteiger partial charge in [0.05, 0.1) is 6.17 Å². The first kappa shape index (κ1) is 9.43. The molecule has 1 unspecified atom stereocenters. The van der Waals surface area contributed by atoms with Crippen LogP contribution in [-0.4, -0.2) is 29.1 Å². The van der Waals surface area contributed by atoms with Crippen LogP contribution in [0.25, 0.3) is 0 Å². The Kier molecular flexibility index (Phi) is 2.36. The summed E-state index contributed by atoms with van der Waals surface area (Å²) in [6.07, 6.45) is 0.519. The Morgan fingerprint density at radius 2 is 1.67 bits per heavy atom. The number of allylic oxidation sites excluding steroid dienone is 2. The van der Waals surface area contributed by atoms with Crippen LogP contribution in [0.15, 0.2) is 11.4 Å². The van der Waals surface area contributed by atoms with Gasteiger partial charge in [0.1, 0.15) is 0 Å². The zero-order chi connectivity index (χ0) is 9.46.